The van der Waals surface area contributed by atoms with E-state index in [2.05, 4.69) is 4.90 Å². The van der Waals surface area contributed by atoms with E-state index in [4.69, 9.17) is 17.3 Å². The maximum Gasteiger partial charge on any atom is 0.198 e. The Balaban J connectivity index is 1.40. The molecule has 0 spiro atoms. The van der Waals surface area contributed by atoms with Gasteiger partial charge in [-0.05, 0) is 78.9 Å². The van der Waals surface area contributed by atoms with Crippen LogP contribution in [0.3, 0.4) is 0 Å². The van der Waals surface area contributed by atoms with Gasteiger partial charge in [0.2, 0.25) is 0 Å². The predicted octanol–water partition coefficient (Wildman–Crippen LogP) is 4.86. The molecule has 0 radical (unpaired) electrons. The van der Waals surface area contributed by atoms with Crippen molar-refractivity contribution in [2.45, 2.75) is 57.6 Å². The molecule has 3 N–H and O–H groups in total. The zero-order chi connectivity index (χ0) is 28.0. The number of carbonyl (C=O) groups is 2. The zero-order valence-corrected chi connectivity index (χ0v) is 23.8. The highest BCUT2D eigenvalue weighted by Crippen LogP contribution is 2.75. The van der Waals surface area contributed by atoms with Crippen LogP contribution in [0.5, 0.6) is 0 Å². The Morgan fingerprint density at radius 3 is 2.77 bits per heavy atom. The topological polar surface area (TPSA) is 83.6 Å². The smallest absolute Gasteiger partial charge is 0.198 e. The summed E-state index contributed by atoms with van der Waals surface area (Å²) in [6, 6.07) is 7.66. The van der Waals surface area contributed by atoms with E-state index in [1.54, 1.807) is 6.92 Å². The fourth-order valence-corrected chi connectivity index (χ4v) is 10.5. The maximum absolute atomic E-state index is 17.5. The molecule has 1 aromatic carbocycles. The lowest BCUT2D eigenvalue weighted by Gasteiger charge is -2.63. The molecule has 5 nitrogen and oxygen atoms in total. The van der Waals surface area contributed by atoms with Crippen molar-refractivity contribution in [2.75, 3.05) is 19.0 Å². The van der Waals surface area contributed by atoms with Crippen molar-refractivity contribution in [3.63, 3.8) is 0 Å². The van der Waals surface area contributed by atoms with E-state index < -0.39 is 40.1 Å². The molecular weight excluding hydrogens is 542 g/mol. The fraction of sp³-hybridized carbons (Fsp3) is 0.600. The number of aliphatic hydroxyl groups is 1. The lowest BCUT2D eigenvalue weighted by atomic mass is 9.43. The monoisotopic (exact) mass is 576 g/mol. The Kier molecular flexibility index (Phi) is 6.52. The number of benzene rings is 1. The normalized spacial score (nSPS) is 44.8. The molecule has 1 saturated heterocycles. The number of rotatable bonds is 4. The summed E-state index contributed by atoms with van der Waals surface area (Å²) in [6.45, 7) is 5.36. The number of halogens is 3. The largest absolute Gasteiger partial charge is 0.390 e. The van der Waals surface area contributed by atoms with Crippen LogP contribution in [0.15, 0.2) is 48.1 Å². The van der Waals surface area contributed by atoms with Crippen LogP contribution in [0, 0.1) is 34.0 Å². The average molecular weight is 577 g/mol. The summed E-state index contributed by atoms with van der Waals surface area (Å²) in [5.41, 5.74) is 1.85. The first-order valence-electron chi connectivity index (χ1n) is 13.7. The van der Waals surface area contributed by atoms with E-state index >= 15 is 8.78 Å². The molecule has 3 saturated carbocycles. The van der Waals surface area contributed by atoms with Gasteiger partial charge >= 0.3 is 0 Å². The van der Waals surface area contributed by atoms with E-state index in [1.165, 1.54) is 18.2 Å². The lowest BCUT2D eigenvalue weighted by molar-refractivity contribution is -0.210. The van der Waals surface area contributed by atoms with Crippen molar-refractivity contribution < 1.29 is 23.5 Å². The number of alkyl halides is 2. The van der Waals surface area contributed by atoms with Crippen LogP contribution in [0.25, 0.3) is 0 Å². The maximum atomic E-state index is 17.5. The molecule has 210 valence electrons. The predicted molar refractivity (Wildman–Crippen MR) is 148 cm³/mol. The number of nitrogens with zero attached hydrogens (tertiary/aromatic N) is 1. The van der Waals surface area contributed by atoms with E-state index in [0.717, 1.165) is 17.3 Å². The summed E-state index contributed by atoms with van der Waals surface area (Å²) >= 11 is 7.31. The van der Waals surface area contributed by atoms with Crippen LogP contribution >= 0.6 is 23.4 Å². The third kappa shape index (κ3) is 3.60. The molecule has 39 heavy (non-hydrogen) atoms. The summed E-state index contributed by atoms with van der Waals surface area (Å²) in [6.07, 6.45) is 1.61. The van der Waals surface area contributed by atoms with Gasteiger partial charge in [0.05, 0.1) is 11.5 Å². The first-order chi connectivity index (χ1) is 18.4. The Bertz CT molecular complexity index is 1290. The molecule has 9 heteroatoms. The van der Waals surface area contributed by atoms with Gasteiger partial charge < -0.3 is 10.8 Å². The number of ketones is 1. The number of hydrogen-bond acceptors (Lipinski definition) is 6. The second-order valence-corrected chi connectivity index (χ2v) is 14.1. The second-order valence-electron chi connectivity index (χ2n) is 12.7. The Morgan fingerprint density at radius 1 is 1.28 bits per heavy atom. The number of nitrogens with two attached hydrogens (primary N) is 1. The van der Waals surface area contributed by atoms with E-state index in [0.29, 0.717) is 31.1 Å². The van der Waals surface area contributed by atoms with Gasteiger partial charge in [-0.25, -0.2) is 8.78 Å². The second kappa shape index (κ2) is 9.21. The van der Waals surface area contributed by atoms with Crippen molar-refractivity contribution in [1.82, 2.24) is 4.90 Å². The first kappa shape index (κ1) is 27.6. The minimum Gasteiger partial charge on any atom is -0.390 e. The van der Waals surface area contributed by atoms with Gasteiger partial charge in [0.15, 0.2) is 16.6 Å². The summed E-state index contributed by atoms with van der Waals surface area (Å²) in [4.78, 5) is 28.4. The molecule has 9 atom stereocenters. The molecule has 0 unspecified atom stereocenters. The van der Waals surface area contributed by atoms with Gasteiger partial charge in [0, 0.05) is 41.9 Å². The highest BCUT2D eigenvalue weighted by atomic mass is 35.5. The van der Waals surface area contributed by atoms with Crippen LogP contribution < -0.4 is 5.73 Å². The van der Waals surface area contributed by atoms with Gasteiger partial charge in [-0.15, -0.1) is 0 Å². The molecule has 4 fully saturated rings. The zero-order valence-electron chi connectivity index (χ0n) is 22.2. The Labute approximate surface area is 237 Å². The summed E-state index contributed by atoms with van der Waals surface area (Å²) in [5.74, 6) is -1.38. The highest BCUT2D eigenvalue weighted by Gasteiger charge is 2.78. The number of thioether (sulfide) groups is 1. The molecule has 1 heterocycles. The molecule has 1 aliphatic heterocycles. The van der Waals surface area contributed by atoms with Crippen LogP contribution in [0.2, 0.25) is 5.02 Å². The van der Waals surface area contributed by atoms with E-state index in [1.807, 2.05) is 31.2 Å². The molecule has 1 aromatic rings. The van der Waals surface area contributed by atoms with Crippen molar-refractivity contribution in [1.29, 1.82) is 0 Å². The minimum atomic E-state index is -2.15. The lowest BCUT2D eigenvalue weighted by Crippen LogP contribution is -2.69. The van der Waals surface area contributed by atoms with E-state index in [-0.39, 0.29) is 47.0 Å². The third-order valence-corrected chi connectivity index (χ3v) is 12.1. The first-order valence-corrected chi connectivity index (χ1v) is 15.1. The summed E-state index contributed by atoms with van der Waals surface area (Å²) in [5, 5.41) is 12.3. The van der Waals surface area contributed by atoms with Crippen LogP contribution in [0.4, 0.5) is 8.78 Å². The Hall–Kier alpha value is -1.58. The number of carbonyl (C=O) groups excluding carboxylic acids is 2. The number of allylic oxidation sites excluding steroid dienone is 4. The molecule has 6 rings (SSSR count). The average Bonchev–Trinajstić information content (AvgIpc) is 3.35. The van der Waals surface area contributed by atoms with Crippen molar-refractivity contribution in [2.24, 2.45) is 39.7 Å². The minimum absolute atomic E-state index is 0.0188. The van der Waals surface area contributed by atoms with Crippen molar-refractivity contribution in [3.8, 4) is 0 Å². The Morgan fingerprint density at radius 2 is 2.05 bits per heavy atom. The molecule has 5 aliphatic rings. The SMILES string of the molecule is C[C@]12C=CC(=O)C=C1[C@@H](F)C[C@H]1[C@@H]3C[C@H]4CN(Cc5cccc(Cl)c5)C[C@@]4(C(=O)SCN)[C@@]3(C)C[C@H](O)[C@@]12F. The van der Waals surface area contributed by atoms with Gasteiger partial charge in [-0.3, -0.25) is 14.5 Å². The van der Waals surface area contributed by atoms with Gasteiger partial charge in [0.1, 0.15) is 6.17 Å². The van der Waals surface area contributed by atoms with Crippen molar-refractivity contribution in [3.05, 3.63) is 58.7 Å². The summed E-state index contributed by atoms with van der Waals surface area (Å²) in [7, 11) is 0. The number of fused-ring (bicyclic) bond motifs is 7. The highest BCUT2D eigenvalue weighted by molar-refractivity contribution is 8.13. The number of hydrogen-bond donors (Lipinski definition) is 2. The third-order valence-electron chi connectivity index (χ3n) is 11.1. The van der Waals surface area contributed by atoms with Gasteiger partial charge in [-0.1, -0.05) is 48.5 Å². The van der Waals surface area contributed by atoms with Gasteiger partial charge in [0.25, 0.3) is 0 Å². The van der Waals surface area contributed by atoms with E-state index in [9.17, 15) is 14.7 Å². The molecule has 0 amide bonds. The van der Waals surface area contributed by atoms with Crippen LogP contribution in [-0.4, -0.2) is 57.8 Å². The molecular formula is C30H35ClF2N2O3S. The number of aliphatic hydroxyl groups excluding tert-OH is 1. The molecule has 0 aromatic heterocycles. The number of likely N-dealkylation sites (tertiary alicyclic amines) is 1. The quantitative estimate of drug-likeness (QED) is 0.498. The molecule has 4 aliphatic carbocycles. The standard InChI is InChI=1S/C30H35ClF2N2O3S/c1-27-7-6-20(36)10-23(27)24(32)11-22-21-9-18-14-35(13-17-4-3-5-19(31)8-17)15-29(18,26(38)39-16-34)28(21,2)12-25(37)30(22,27)33/h3-8,10,18,21-22,24-25,37H,9,11-16,34H2,1-2H3/t18-,21-,22-,24-,25-,27-,28-,29+,30-/m0/s1. The van der Waals surface area contributed by atoms with Crippen LogP contribution in [0.1, 0.15) is 38.7 Å². The molecule has 0 bridgehead atoms. The summed E-state index contributed by atoms with van der Waals surface area (Å²) < 4.78 is 33.3. The van der Waals surface area contributed by atoms with Crippen LogP contribution in [-0.2, 0) is 16.1 Å². The van der Waals surface area contributed by atoms with Crippen molar-refractivity contribution >= 4 is 34.3 Å². The fourth-order valence-electron chi connectivity index (χ4n) is 9.43. The van der Waals surface area contributed by atoms with Gasteiger partial charge in [-0.2, -0.15) is 0 Å².